The molecule has 3 N–H and O–H groups in total. The van der Waals surface area contributed by atoms with Crippen molar-refractivity contribution in [1.82, 2.24) is 9.97 Å². The summed E-state index contributed by atoms with van der Waals surface area (Å²) in [7, 11) is 0. The summed E-state index contributed by atoms with van der Waals surface area (Å²) in [5.41, 5.74) is 9.71. The van der Waals surface area contributed by atoms with Gasteiger partial charge in [-0.15, -0.1) is 0 Å². The minimum Gasteiger partial charge on any atom is -0.399 e. The number of hydrogen-bond donors (Lipinski definition) is 2. The third-order valence-electron chi connectivity index (χ3n) is 2.73. The number of pyridine rings is 1. The first-order valence-corrected chi connectivity index (χ1v) is 4.88. The minimum absolute atomic E-state index is 0.777. The SMILES string of the molecule is Cc1nccc2c1[nH]c1cc(N)ccc12. The second-order valence-corrected chi connectivity index (χ2v) is 3.75. The summed E-state index contributed by atoms with van der Waals surface area (Å²) in [5.74, 6) is 0. The van der Waals surface area contributed by atoms with E-state index in [2.05, 4.69) is 9.97 Å². The van der Waals surface area contributed by atoms with E-state index in [0.717, 1.165) is 22.4 Å². The molecule has 0 unspecified atom stereocenters. The standard InChI is InChI=1S/C12H11N3/c1-7-12-10(4-5-14-7)9-3-2-8(13)6-11(9)15-12/h2-6,15H,13H2,1H3. The van der Waals surface area contributed by atoms with Gasteiger partial charge in [-0.25, -0.2) is 0 Å². The van der Waals surface area contributed by atoms with Gasteiger partial charge in [-0.3, -0.25) is 4.98 Å². The fourth-order valence-corrected chi connectivity index (χ4v) is 1.98. The lowest BCUT2D eigenvalue weighted by Gasteiger charge is -1.93. The third kappa shape index (κ3) is 1.09. The maximum Gasteiger partial charge on any atom is 0.0681 e. The summed E-state index contributed by atoms with van der Waals surface area (Å²) in [4.78, 5) is 7.61. The average Bonchev–Trinajstić information content (AvgIpc) is 2.57. The van der Waals surface area contributed by atoms with Crippen LogP contribution in [0.2, 0.25) is 0 Å². The van der Waals surface area contributed by atoms with Crippen LogP contribution in [0.25, 0.3) is 21.8 Å². The minimum atomic E-state index is 0.777. The fourth-order valence-electron chi connectivity index (χ4n) is 1.98. The van der Waals surface area contributed by atoms with Crippen LogP contribution in [0.3, 0.4) is 0 Å². The zero-order valence-electron chi connectivity index (χ0n) is 8.41. The molecular formula is C12H11N3. The van der Waals surface area contributed by atoms with E-state index >= 15 is 0 Å². The lowest BCUT2D eigenvalue weighted by molar-refractivity contribution is 1.22. The van der Waals surface area contributed by atoms with E-state index in [-0.39, 0.29) is 0 Å². The van der Waals surface area contributed by atoms with Crippen LogP contribution in [0.5, 0.6) is 0 Å². The lowest BCUT2D eigenvalue weighted by atomic mass is 10.1. The molecule has 1 aromatic carbocycles. The number of nitrogen functional groups attached to an aromatic ring is 1. The van der Waals surface area contributed by atoms with Gasteiger partial charge in [0.1, 0.15) is 0 Å². The Morgan fingerprint density at radius 3 is 2.93 bits per heavy atom. The van der Waals surface area contributed by atoms with E-state index in [1.54, 1.807) is 0 Å². The molecule has 3 heteroatoms. The zero-order chi connectivity index (χ0) is 10.4. The highest BCUT2D eigenvalue weighted by molar-refractivity contribution is 6.08. The first-order chi connectivity index (χ1) is 7.25. The molecule has 3 aromatic rings. The van der Waals surface area contributed by atoms with Crippen molar-refractivity contribution in [2.45, 2.75) is 6.92 Å². The summed E-state index contributed by atoms with van der Waals surface area (Å²) < 4.78 is 0. The van der Waals surface area contributed by atoms with Gasteiger partial charge in [-0.1, -0.05) is 6.07 Å². The van der Waals surface area contributed by atoms with E-state index in [0.29, 0.717) is 0 Å². The molecular weight excluding hydrogens is 186 g/mol. The number of nitrogens with zero attached hydrogens (tertiary/aromatic N) is 1. The van der Waals surface area contributed by atoms with Gasteiger partial charge in [0.15, 0.2) is 0 Å². The largest absolute Gasteiger partial charge is 0.399 e. The summed E-state index contributed by atoms with van der Waals surface area (Å²) in [6, 6.07) is 7.94. The zero-order valence-corrected chi connectivity index (χ0v) is 8.41. The highest BCUT2D eigenvalue weighted by Gasteiger charge is 2.05. The molecule has 0 bridgehead atoms. The van der Waals surface area contributed by atoms with E-state index in [1.165, 1.54) is 10.8 Å². The molecule has 0 amide bonds. The number of rotatable bonds is 0. The topological polar surface area (TPSA) is 54.7 Å². The Hall–Kier alpha value is -2.03. The molecule has 0 radical (unpaired) electrons. The van der Waals surface area contributed by atoms with Gasteiger partial charge in [0, 0.05) is 28.2 Å². The number of benzene rings is 1. The normalized spacial score (nSPS) is 11.3. The number of anilines is 1. The Bertz CT molecular complexity index is 652. The number of nitrogens with one attached hydrogen (secondary N) is 1. The van der Waals surface area contributed by atoms with E-state index in [4.69, 9.17) is 5.73 Å². The van der Waals surface area contributed by atoms with Crippen LogP contribution >= 0.6 is 0 Å². The maximum atomic E-state index is 5.75. The Balaban J connectivity index is 2.57. The highest BCUT2D eigenvalue weighted by atomic mass is 14.8. The van der Waals surface area contributed by atoms with Gasteiger partial charge in [0.05, 0.1) is 11.2 Å². The van der Waals surface area contributed by atoms with Crippen LogP contribution in [0, 0.1) is 6.92 Å². The molecule has 0 spiro atoms. The van der Waals surface area contributed by atoms with Gasteiger partial charge in [0.25, 0.3) is 0 Å². The number of aromatic nitrogens is 2. The lowest BCUT2D eigenvalue weighted by Crippen LogP contribution is -1.82. The molecule has 0 saturated carbocycles. The second kappa shape index (κ2) is 2.73. The van der Waals surface area contributed by atoms with Crippen LogP contribution in [0.1, 0.15) is 5.69 Å². The number of H-pyrrole nitrogens is 1. The van der Waals surface area contributed by atoms with Gasteiger partial charge in [0.2, 0.25) is 0 Å². The van der Waals surface area contributed by atoms with Crippen molar-refractivity contribution in [3.05, 3.63) is 36.2 Å². The Morgan fingerprint density at radius 1 is 1.20 bits per heavy atom. The molecule has 3 rings (SSSR count). The number of nitrogens with two attached hydrogens (primary N) is 1. The molecule has 15 heavy (non-hydrogen) atoms. The third-order valence-corrected chi connectivity index (χ3v) is 2.73. The van der Waals surface area contributed by atoms with Crippen molar-refractivity contribution >= 4 is 27.5 Å². The smallest absolute Gasteiger partial charge is 0.0681 e. The van der Waals surface area contributed by atoms with E-state index in [1.807, 2.05) is 37.4 Å². The molecule has 0 aliphatic heterocycles. The van der Waals surface area contributed by atoms with Crippen molar-refractivity contribution in [1.29, 1.82) is 0 Å². The Kier molecular flexibility index (Phi) is 1.51. The Morgan fingerprint density at radius 2 is 2.07 bits per heavy atom. The molecule has 2 aromatic heterocycles. The van der Waals surface area contributed by atoms with Crippen LogP contribution in [-0.2, 0) is 0 Å². The molecule has 0 fully saturated rings. The predicted octanol–water partition coefficient (Wildman–Crippen LogP) is 2.61. The quantitative estimate of drug-likeness (QED) is 0.544. The van der Waals surface area contributed by atoms with Crippen LogP contribution < -0.4 is 5.73 Å². The first kappa shape index (κ1) is 8.29. The van der Waals surface area contributed by atoms with Gasteiger partial charge in [-0.2, -0.15) is 0 Å². The van der Waals surface area contributed by atoms with Crippen molar-refractivity contribution in [3.8, 4) is 0 Å². The monoisotopic (exact) mass is 197 g/mol. The Labute approximate surface area is 86.9 Å². The van der Waals surface area contributed by atoms with Gasteiger partial charge >= 0.3 is 0 Å². The van der Waals surface area contributed by atoms with E-state index in [9.17, 15) is 0 Å². The van der Waals surface area contributed by atoms with Crippen molar-refractivity contribution in [2.24, 2.45) is 0 Å². The summed E-state index contributed by atoms with van der Waals surface area (Å²) in [6.45, 7) is 2.00. The second-order valence-electron chi connectivity index (χ2n) is 3.75. The van der Waals surface area contributed by atoms with Gasteiger partial charge < -0.3 is 10.7 Å². The molecule has 2 heterocycles. The van der Waals surface area contributed by atoms with Crippen LogP contribution in [-0.4, -0.2) is 9.97 Å². The van der Waals surface area contributed by atoms with Crippen LogP contribution in [0.4, 0.5) is 5.69 Å². The number of hydrogen-bond acceptors (Lipinski definition) is 2. The summed E-state index contributed by atoms with van der Waals surface area (Å²) in [5, 5.41) is 2.40. The van der Waals surface area contributed by atoms with E-state index < -0.39 is 0 Å². The van der Waals surface area contributed by atoms with Gasteiger partial charge in [-0.05, 0) is 25.1 Å². The molecule has 0 saturated heterocycles. The molecule has 0 aliphatic rings. The van der Waals surface area contributed by atoms with Crippen molar-refractivity contribution in [2.75, 3.05) is 5.73 Å². The first-order valence-electron chi connectivity index (χ1n) is 4.88. The molecule has 0 aliphatic carbocycles. The van der Waals surface area contributed by atoms with Crippen molar-refractivity contribution in [3.63, 3.8) is 0 Å². The average molecular weight is 197 g/mol. The highest BCUT2D eigenvalue weighted by Crippen LogP contribution is 2.27. The molecule has 74 valence electrons. The number of aromatic amines is 1. The fraction of sp³-hybridized carbons (Fsp3) is 0.0833. The molecule has 3 nitrogen and oxygen atoms in total. The maximum absolute atomic E-state index is 5.75. The number of aryl methyl sites for hydroxylation is 1. The summed E-state index contributed by atoms with van der Waals surface area (Å²) in [6.07, 6.45) is 1.83. The number of fused-ring (bicyclic) bond motifs is 3. The van der Waals surface area contributed by atoms with Crippen molar-refractivity contribution < 1.29 is 0 Å². The summed E-state index contributed by atoms with van der Waals surface area (Å²) >= 11 is 0. The van der Waals surface area contributed by atoms with Crippen LogP contribution in [0.15, 0.2) is 30.5 Å². The molecule has 0 atom stereocenters. The predicted molar refractivity (Wildman–Crippen MR) is 62.7 cm³/mol.